The third-order valence-electron chi connectivity index (χ3n) is 2.41. The van der Waals surface area contributed by atoms with Crippen molar-refractivity contribution in [2.45, 2.75) is 39.2 Å². The molecule has 0 aromatic rings. The highest BCUT2D eigenvalue weighted by Crippen LogP contribution is 2.10. The normalized spacial score (nSPS) is 12.0. The molecule has 0 fully saturated rings. The molecule has 2 N–H and O–H groups in total. The van der Waals surface area contributed by atoms with E-state index < -0.39 is 0 Å². The van der Waals surface area contributed by atoms with Crippen LogP contribution in [0.2, 0.25) is 0 Å². The first kappa shape index (κ1) is 13.9. The molecule has 0 aliphatic heterocycles. The maximum atomic E-state index is 5.33. The van der Waals surface area contributed by atoms with Gasteiger partial charge in [-0.05, 0) is 52.9 Å². The highest BCUT2D eigenvalue weighted by molar-refractivity contribution is 4.68. The van der Waals surface area contributed by atoms with Crippen molar-refractivity contribution < 1.29 is 4.74 Å². The van der Waals surface area contributed by atoms with Crippen LogP contribution in [0.1, 0.15) is 33.6 Å². The lowest BCUT2D eigenvalue weighted by molar-refractivity contribution is 0.0159. The third kappa shape index (κ3) is 8.48. The number of ether oxygens (including phenoxy) is 1. The fraction of sp³-hybridized carbons (Fsp3) is 1.00. The molecule has 0 aliphatic carbocycles. The summed E-state index contributed by atoms with van der Waals surface area (Å²) in [5.74, 6) is 0. The summed E-state index contributed by atoms with van der Waals surface area (Å²) < 4.78 is 5.33. The predicted octanol–water partition coefficient (Wildman–Crippen LogP) is 1.39. The molecule has 0 spiro atoms. The Hall–Kier alpha value is -0.120. The third-order valence-corrected chi connectivity index (χ3v) is 2.41. The van der Waals surface area contributed by atoms with Crippen LogP contribution in [0.3, 0.4) is 0 Å². The van der Waals surface area contributed by atoms with Gasteiger partial charge in [0.2, 0.25) is 0 Å². The van der Waals surface area contributed by atoms with Gasteiger partial charge < -0.3 is 15.4 Å². The Morgan fingerprint density at radius 1 is 1.07 bits per heavy atom. The van der Waals surface area contributed by atoms with Crippen molar-refractivity contribution >= 4 is 0 Å². The van der Waals surface area contributed by atoms with Gasteiger partial charge in [-0.3, -0.25) is 0 Å². The molecule has 0 aromatic carbocycles. The molecule has 0 saturated heterocycles. The second-order valence-electron chi connectivity index (χ2n) is 4.17. The topological polar surface area (TPSA) is 33.3 Å². The number of rotatable bonds is 9. The maximum absolute atomic E-state index is 5.33. The van der Waals surface area contributed by atoms with Gasteiger partial charge in [-0.25, -0.2) is 0 Å². The second-order valence-corrected chi connectivity index (χ2v) is 4.17. The molecular weight excluding hydrogens is 176 g/mol. The van der Waals surface area contributed by atoms with E-state index in [4.69, 9.17) is 4.74 Å². The fourth-order valence-corrected chi connectivity index (χ4v) is 1.13. The van der Waals surface area contributed by atoms with Gasteiger partial charge in [0.1, 0.15) is 0 Å². The molecule has 14 heavy (non-hydrogen) atoms. The Bertz CT molecular complexity index is 126. The fourth-order valence-electron chi connectivity index (χ4n) is 1.13. The van der Waals surface area contributed by atoms with Gasteiger partial charge >= 0.3 is 0 Å². The van der Waals surface area contributed by atoms with Gasteiger partial charge in [-0.2, -0.15) is 0 Å². The lowest BCUT2D eigenvalue weighted by atomic mass is 10.1. The largest absolute Gasteiger partial charge is 0.379 e. The van der Waals surface area contributed by atoms with Gasteiger partial charge in [0.25, 0.3) is 0 Å². The Morgan fingerprint density at radius 2 is 1.71 bits per heavy atom. The van der Waals surface area contributed by atoms with Crippen molar-refractivity contribution in [1.29, 1.82) is 0 Å². The molecule has 0 atom stereocenters. The zero-order valence-corrected chi connectivity index (χ0v) is 10.2. The molecule has 0 amide bonds. The van der Waals surface area contributed by atoms with E-state index in [9.17, 15) is 0 Å². The summed E-state index contributed by atoms with van der Waals surface area (Å²) in [7, 11) is 1.77. The van der Waals surface area contributed by atoms with Gasteiger partial charge in [0.15, 0.2) is 0 Å². The van der Waals surface area contributed by atoms with Crippen molar-refractivity contribution in [3.63, 3.8) is 0 Å². The van der Waals surface area contributed by atoms with E-state index >= 15 is 0 Å². The quantitative estimate of drug-likeness (QED) is 0.554. The van der Waals surface area contributed by atoms with Crippen LogP contribution < -0.4 is 10.6 Å². The van der Waals surface area contributed by atoms with E-state index in [1.165, 1.54) is 6.42 Å². The van der Waals surface area contributed by atoms with E-state index in [1.807, 2.05) is 0 Å². The van der Waals surface area contributed by atoms with Crippen LogP contribution in [0.5, 0.6) is 0 Å². The van der Waals surface area contributed by atoms with E-state index in [-0.39, 0.29) is 5.60 Å². The molecular formula is C11H26N2O. The first-order chi connectivity index (χ1) is 6.62. The van der Waals surface area contributed by atoms with E-state index in [0.29, 0.717) is 0 Å². The molecule has 0 unspecified atom stereocenters. The lowest BCUT2D eigenvalue weighted by Crippen LogP contribution is -2.30. The monoisotopic (exact) mass is 202 g/mol. The minimum atomic E-state index is 0.00860. The number of hydrogen-bond acceptors (Lipinski definition) is 3. The van der Waals surface area contributed by atoms with Gasteiger partial charge in [-0.15, -0.1) is 0 Å². The molecule has 0 radical (unpaired) electrons. The van der Waals surface area contributed by atoms with Crippen LogP contribution >= 0.6 is 0 Å². The molecule has 0 bridgehead atoms. The molecule has 0 rings (SSSR count). The van der Waals surface area contributed by atoms with Gasteiger partial charge in [0.05, 0.1) is 5.60 Å². The molecule has 86 valence electrons. The Morgan fingerprint density at radius 3 is 2.29 bits per heavy atom. The summed E-state index contributed by atoms with van der Waals surface area (Å²) in [6.07, 6.45) is 2.26. The minimum Gasteiger partial charge on any atom is -0.379 e. The van der Waals surface area contributed by atoms with E-state index in [2.05, 4.69) is 31.4 Å². The molecule has 3 nitrogen and oxygen atoms in total. The van der Waals surface area contributed by atoms with Crippen LogP contribution in [-0.2, 0) is 4.74 Å². The van der Waals surface area contributed by atoms with Crippen LogP contribution in [0, 0.1) is 0 Å². The van der Waals surface area contributed by atoms with Crippen molar-refractivity contribution in [3.05, 3.63) is 0 Å². The molecule has 3 heteroatoms. The Labute approximate surface area is 88.6 Å². The van der Waals surface area contributed by atoms with Crippen LogP contribution in [-0.4, -0.2) is 38.9 Å². The zero-order chi connectivity index (χ0) is 10.9. The smallest absolute Gasteiger partial charge is 0.0634 e. The Kier molecular flexibility index (Phi) is 8.14. The maximum Gasteiger partial charge on any atom is 0.0634 e. The van der Waals surface area contributed by atoms with E-state index in [0.717, 1.165) is 32.6 Å². The first-order valence-electron chi connectivity index (χ1n) is 5.59. The van der Waals surface area contributed by atoms with Crippen molar-refractivity contribution in [2.24, 2.45) is 0 Å². The average Bonchev–Trinajstić information content (AvgIpc) is 2.16. The SMILES string of the molecule is CCNCCCNCCC(C)(C)OC. The lowest BCUT2D eigenvalue weighted by Gasteiger charge is -2.22. The number of methoxy groups -OCH3 is 1. The highest BCUT2D eigenvalue weighted by Gasteiger charge is 2.14. The standard InChI is InChI=1S/C11H26N2O/c1-5-12-8-6-9-13-10-7-11(2,3)14-4/h12-13H,5-10H2,1-4H3. The highest BCUT2D eigenvalue weighted by atomic mass is 16.5. The summed E-state index contributed by atoms with van der Waals surface area (Å²) in [6.45, 7) is 10.7. The van der Waals surface area contributed by atoms with E-state index in [1.54, 1.807) is 7.11 Å². The van der Waals surface area contributed by atoms with Crippen molar-refractivity contribution in [1.82, 2.24) is 10.6 Å². The zero-order valence-electron chi connectivity index (χ0n) is 10.2. The summed E-state index contributed by atoms with van der Waals surface area (Å²) in [5, 5.41) is 6.72. The Balaban J connectivity index is 3.13. The molecule has 0 saturated carbocycles. The predicted molar refractivity (Wildman–Crippen MR) is 61.7 cm³/mol. The van der Waals surface area contributed by atoms with Gasteiger partial charge in [0, 0.05) is 7.11 Å². The molecule has 0 heterocycles. The summed E-state index contributed by atoms with van der Waals surface area (Å²) in [6, 6.07) is 0. The van der Waals surface area contributed by atoms with Crippen LogP contribution in [0.4, 0.5) is 0 Å². The first-order valence-corrected chi connectivity index (χ1v) is 5.59. The molecule has 0 aromatic heterocycles. The summed E-state index contributed by atoms with van der Waals surface area (Å²) >= 11 is 0. The molecule has 0 aliphatic rings. The minimum absolute atomic E-state index is 0.00860. The average molecular weight is 202 g/mol. The van der Waals surface area contributed by atoms with Crippen LogP contribution in [0.15, 0.2) is 0 Å². The number of hydrogen-bond donors (Lipinski definition) is 2. The van der Waals surface area contributed by atoms with Crippen molar-refractivity contribution in [2.75, 3.05) is 33.3 Å². The van der Waals surface area contributed by atoms with Crippen LogP contribution in [0.25, 0.3) is 0 Å². The summed E-state index contributed by atoms with van der Waals surface area (Å²) in [4.78, 5) is 0. The summed E-state index contributed by atoms with van der Waals surface area (Å²) in [5.41, 5.74) is 0.00860. The van der Waals surface area contributed by atoms with Gasteiger partial charge in [-0.1, -0.05) is 6.92 Å². The van der Waals surface area contributed by atoms with Crippen molar-refractivity contribution in [3.8, 4) is 0 Å². The number of nitrogens with one attached hydrogen (secondary N) is 2. The second kappa shape index (κ2) is 8.21.